The molecular weight excluding hydrogens is 314 g/mol. The number of benzene rings is 1. The molecule has 0 unspecified atom stereocenters. The molecule has 0 spiro atoms. The highest BCUT2D eigenvalue weighted by molar-refractivity contribution is 7.88. The molecule has 0 aliphatic carbocycles. The van der Waals surface area contributed by atoms with Gasteiger partial charge in [0.1, 0.15) is 0 Å². The Labute approximate surface area is 138 Å². The maximum absolute atomic E-state index is 11.8. The van der Waals surface area contributed by atoms with Crippen LogP contribution in [0.2, 0.25) is 0 Å². The van der Waals surface area contributed by atoms with Crippen molar-refractivity contribution in [1.82, 2.24) is 10.0 Å². The van der Waals surface area contributed by atoms with E-state index in [1.807, 2.05) is 0 Å². The van der Waals surface area contributed by atoms with E-state index in [0.29, 0.717) is 0 Å². The van der Waals surface area contributed by atoms with E-state index in [1.165, 1.54) is 11.3 Å². The minimum Gasteiger partial charge on any atom is -0.371 e. The van der Waals surface area contributed by atoms with E-state index in [9.17, 15) is 13.2 Å². The Morgan fingerprint density at radius 2 is 2.00 bits per heavy atom. The summed E-state index contributed by atoms with van der Waals surface area (Å²) < 4.78 is 24.2. The highest BCUT2D eigenvalue weighted by Crippen LogP contribution is 2.20. The molecular formula is C16H25N3O3S. The number of hydrogen-bond acceptors (Lipinski definition) is 4. The molecule has 1 aliphatic rings. The van der Waals surface area contributed by atoms with Crippen LogP contribution in [0.3, 0.4) is 0 Å². The summed E-state index contributed by atoms with van der Waals surface area (Å²) in [6.45, 7) is 4.06. The molecule has 1 amide bonds. The fraction of sp³-hybridized carbons (Fsp3) is 0.562. The lowest BCUT2D eigenvalue weighted by Crippen LogP contribution is -2.45. The maximum Gasteiger partial charge on any atom is 0.221 e. The molecule has 7 heteroatoms. The Bertz CT molecular complexity index is 638. The van der Waals surface area contributed by atoms with Crippen LogP contribution >= 0.6 is 0 Å². The lowest BCUT2D eigenvalue weighted by molar-refractivity contribution is -0.121. The highest BCUT2D eigenvalue weighted by Gasteiger charge is 2.20. The van der Waals surface area contributed by atoms with Crippen LogP contribution in [-0.4, -0.2) is 46.3 Å². The number of hydrogen-bond donors (Lipinski definition) is 2. The fourth-order valence-corrected chi connectivity index (χ4v) is 3.23. The summed E-state index contributed by atoms with van der Waals surface area (Å²) in [6, 6.07) is 8.61. The zero-order valence-electron chi connectivity index (χ0n) is 13.7. The topological polar surface area (TPSA) is 78.5 Å². The molecule has 1 aromatic carbocycles. The van der Waals surface area contributed by atoms with Crippen LogP contribution in [-0.2, 0) is 14.8 Å². The molecule has 1 aliphatic heterocycles. The van der Waals surface area contributed by atoms with Crippen molar-refractivity contribution in [1.29, 1.82) is 0 Å². The van der Waals surface area contributed by atoms with Crippen LogP contribution in [0, 0.1) is 6.92 Å². The molecule has 23 heavy (non-hydrogen) atoms. The van der Waals surface area contributed by atoms with Crippen molar-refractivity contribution < 1.29 is 13.2 Å². The van der Waals surface area contributed by atoms with Crippen LogP contribution in [0.4, 0.5) is 5.69 Å². The molecule has 2 N–H and O–H groups in total. The molecule has 1 saturated heterocycles. The van der Waals surface area contributed by atoms with Crippen molar-refractivity contribution in [2.45, 2.75) is 32.2 Å². The molecule has 128 valence electrons. The van der Waals surface area contributed by atoms with Gasteiger partial charge in [-0.25, -0.2) is 13.1 Å². The maximum atomic E-state index is 11.8. The molecule has 0 radical (unpaired) electrons. The smallest absolute Gasteiger partial charge is 0.221 e. The number of aryl methyl sites for hydroxylation is 1. The third-order valence-corrected chi connectivity index (χ3v) is 4.67. The van der Waals surface area contributed by atoms with Crippen molar-refractivity contribution >= 4 is 21.6 Å². The van der Waals surface area contributed by atoms with E-state index in [2.05, 4.69) is 46.1 Å². The number of sulfonamides is 1. The van der Waals surface area contributed by atoms with Gasteiger partial charge in [0.15, 0.2) is 0 Å². The molecule has 1 heterocycles. The normalized spacial score (nSPS) is 16.3. The van der Waals surface area contributed by atoms with Crippen molar-refractivity contribution in [3.05, 3.63) is 29.8 Å². The summed E-state index contributed by atoms with van der Waals surface area (Å²) in [5, 5.41) is 2.99. The molecule has 1 aromatic rings. The largest absolute Gasteiger partial charge is 0.371 e. The molecule has 0 saturated carbocycles. The summed E-state index contributed by atoms with van der Waals surface area (Å²) in [5.74, 6) is -0.102. The third-order valence-electron chi connectivity index (χ3n) is 3.94. The zero-order valence-corrected chi connectivity index (χ0v) is 14.5. The summed E-state index contributed by atoms with van der Waals surface area (Å²) in [6.07, 6.45) is 3.06. The number of piperidine rings is 1. The van der Waals surface area contributed by atoms with Gasteiger partial charge in [0.25, 0.3) is 0 Å². The van der Waals surface area contributed by atoms with Gasteiger partial charge < -0.3 is 10.2 Å². The standard InChI is InChI=1S/C16H25N3O3S/c1-13-4-3-5-15(12-13)19-10-7-14(8-11-19)18-16(20)6-9-17-23(2,21)22/h3-5,12,14,17H,6-11H2,1-2H3,(H,18,20). The summed E-state index contributed by atoms with van der Waals surface area (Å²) in [5.41, 5.74) is 2.48. The molecule has 1 fully saturated rings. The van der Waals surface area contributed by atoms with Crippen molar-refractivity contribution in [3.8, 4) is 0 Å². The monoisotopic (exact) mass is 339 g/mol. The number of amides is 1. The zero-order chi connectivity index (χ0) is 16.9. The van der Waals surface area contributed by atoms with Crippen LogP contribution < -0.4 is 14.9 Å². The second-order valence-electron chi connectivity index (χ2n) is 6.08. The first-order chi connectivity index (χ1) is 10.8. The van der Waals surface area contributed by atoms with Gasteiger partial charge in [-0.1, -0.05) is 12.1 Å². The van der Waals surface area contributed by atoms with E-state index >= 15 is 0 Å². The number of nitrogens with one attached hydrogen (secondary N) is 2. The molecule has 0 aromatic heterocycles. The Kier molecular flexibility index (Phi) is 6.01. The SMILES string of the molecule is Cc1cccc(N2CCC(NC(=O)CCNS(C)(=O)=O)CC2)c1. The van der Waals surface area contributed by atoms with Gasteiger partial charge in [0.05, 0.1) is 6.26 Å². The Hall–Kier alpha value is -1.60. The molecule has 0 bridgehead atoms. The average Bonchev–Trinajstić information content (AvgIpc) is 2.46. The number of carbonyl (C=O) groups is 1. The number of rotatable bonds is 6. The second-order valence-corrected chi connectivity index (χ2v) is 7.92. The Morgan fingerprint density at radius 3 is 2.61 bits per heavy atom. The molecule has 6 nitrogen and oxygen atoms in total. The third kappa shape index (κ3) is 6.19. The number of anilines is 1. The van der Waals surface area contributed by atoms with E-state index in [4.69, 9.17) is 0 Å². The van der Waals surface area contributed by atoms with Crippen molar-refractivity contribution in [2.24, 2.45) is 0 Å². The lowest BCUT2D eigenvalue weighted by Gasteiger charge is -2.34. The number of carbonyl (C=O) groups excluding carboxylic acids is 1. The minimum absolute atomic E-state index is 0.102. The minimum atomic E-state index is -3.23. The molecule has 0 atom stereocenters. The van der Waals surface area contributed by atoms with Gasteiger partial charge in [-0.15, -0.1) is 0 Å². The first-order valence-corrected chi connectivity index (χ1v) is 9.78. The average molecular weight is 339 g/mol. The lowest BCUT2D eigenvalue weighted by atomic mass is 10.0. The van der Waals surface area contributed by atoms with Crippen LogP contribution in [0.25, 0.3) is 0 Å². The fourth-order valence-electron chi connectivity index (χ4n) is 2.76. The first-order valence-electron chi connectivity index (χ1n) is 7.89. The van der Waals surface area contributed by atoms with Crippen LogP contribution in [0.15, 0.2) is 24.3 Å². The van der Waals surface area contributed by atoms with Gasteiger partial charge in [0.2, 0.25) is 15.9 Å². The van der Waals surface area contributed by atoms with Crippen LogP contribution in [0.5, 0.6) is 0 Å². The highest BCUT2D eigenvalue weighted by atomic mass is 32.2. The van der Waals surface area contributed by atoms with Crippen molar-refractivity contribution in [2.75, 3.05) is 30.8 Å². The first kappa shape index (κ1) is 17.7. The summed E-state index contributed by atoms with van der Waals surface area (Å²) in [7, 11) is -3.23. The summed E-state index contributed by atoms with van der Waals surface area (Å²) >= 11 is 0. The van der Waals surface area contributed by atoms with Crippen molar-refractivity contribution in [3.63, 3.8) is 0 Å². The Balaban J connectivity index is 1.73. The van der Waals surface area contributed by atoms with Crippen LogP contribution in [0.1, 0.15) is 24.8 Å². The predicted octanol–water partition coefficient (Wildman–Crippen LogP) is 1.02. The van der Waals surface area contributed by atoms with Gasteiger partial charge >= 0.3 is 0 Å². The predicted molar refractivity (Wildman–Crippen MR) is 92.0 cm³/mol. The Morgan fingerprint density at radius 1 is 1.30 bits per heavy atom. The van der Waals surface area contributed by atoms with Gasteiger partial charge in [-0.3, -0.25) is 4.79 Å². The summed E-state index contributed by atoms with van der Waals surface area (Å²) in [4.78, 5) is 14.2. The van der Waals surface area contributed by atoms with E-state index in [0.717, 1.165) is 32.2 Å². The number of nitrogens with zero attached hydrogens (tertiary/aromatic N) is 1. The quantitative estimate of drug-likeness (QED) is 0.811. The van der Waals surface area contributed by atoms with E-state index < -0.39 is 10.0 Å². The van der Waals surface area contributed by atoms with Gasteiger partial charge in [0, 0.05) is 37.8 Å². The van der Waals surface area contributed by atoms with E-state index in [1.54, 1.807) is 0 Å². The van der Waals surface area contributed by atoms with Gasteiger partial charge in [-0.2, -0.15) is 0 Å². The van der Waals surface area contributed by atoms with E-state index in [-0.39, 0.29) is 24.9 Å². The van der Waals surface area contributed by atoms with Gasteiger partial charge in [-0.05, 0) is 37.5 Å². The second kappa shape index (κ2) is 7.79. The molecule has 2 rings (SSSR count).